The third-order valence-electron chi connectivity index (χ3n) is 4.60. The number of halogens is 1. The van der Waals surface area contributed by atoms with Gasteiger partial charge in [0, 0.05) is 23.8 Å². The first-order valence-corrected chi connectivity index (χ1v) is 10.1. The third kappa shape index (κ3) is 3.93. The molecule has 2 N–H and O–H groups in total. The van der Waals surface area contributed by atoms with E-state index in [9.17, 15) is 9.59 Å². The van der Waals surface area contributed by atoms with Crippen molar-refractivity contribution in [2.75, 3.05) is 30.3 Å². The zero-order valence-electron chi connectivity index (χ0n) is 14.9. The zero-order chi connectivity index (χ0) is 19.5. The standard InChI is InChI=1S/C19H18ClN5O2S/c20-12-6-7-13(19(27)25-8-1-2-9-25)16(10-12)21-11-17(26)22-14-4-3-5-15-18(14)24-28-23-15/h3-7,10,21H,1-2,8-9,11H2,(H,22,26). The molecule has 0 spiro atoms. The number of hydrogen-bond donors (Lipinski definition) is 2. The van der Waals surface area contributed by atoms with Gasteiger partial charge in [-0.3, -0.25) is 9.59 Å². The number of hydrogen-bond acceptors (Lipinski definition) is 6. The van der Waals surface area contributed by atoms with Crippen molar-refractivity contribution in [3.05, 3.63) is 47.0 Å². The molecule has 7 nitrogen and oxygen atoms in total. The van der Waals surface area contributed by atoms with Crippen LogP contribution < -0.4 is 10.6 Å². The van der Waals surface area contributed by atoms with Gasteiger partial charge in [-0.2, -0.15) is 8.75 Å². The summed E-state index contributed by atoms with van der Waals surface area (Å²) in [5.74, 6) is -0.296. The SMILES string of the molecule is O=C(CNc1cc(Cl)ccc1C(=O)N1CCCC1)Nc1cccc2nsnc12. The number of aromatic nitrogens is 2. The molecule has 144 valence electrons. The number of rotatable bonds is 5. The highest BCUT2D eigenvalue weighted by Gasteiger charge is 2.22. The lowest BCUT2D eigenvalue weighted by atomic mass is 10.1. The van der Waals surface area contributed by atoms with Gasteiger partial charge in [-0.1, -0.05) is 17.7 Å². The topological polar surface area (TPSA) is 87.2 Å². The van der Waals surface area contributed by atoms with Crippen LogP contribution >= 0.6 is 23.3 Å². The van der Waals surface area contributed by atoms with Crippen molar-refractivity contribution in [2.24, 2.45) is 0 Å². The van der Waals surface area contributed by atoms with E-state index in [1.54, 1.807) is 24.3 Å². The highest BCUT2D eigenvalue weighted by atomic mass is 35.5. The summed E-state index contributed by atoms with van der Waals surface area (Å²) < 4.78 is 8.38. The van der Waals surface area contributed by atoms with Crippen LogP contribution in [-0.4, -0.2) is 45.1 Å². The molecule has 3 aromatic rings. The minimum absolute atomic E-state index is 0.00538. The monoisotopic (exact) mass is 415 g/mol. The van der Waals surface area contributed by atoms with Gasteiger partial charge in [0.2, 0.25) is 5.91 Å². The second-order valence-corrected chi connectivity index (χ2v) is 7.49. The first-order chi connectivity index (χ1) is 13.6. The molecule has 1 saturated heterocycles. The van der Waals surface area contributed by atoms with Gasteiger partial charge in [0.05, 0.1) is 29.5 Å². The van der Waals surface area contributed by atoms with Crippen molar-refractivity contribution in [1.29, 1.82) is 0 Å². The van der Waals surface area contributed by atoms with E-state index in [-0.39, 0.29) is 18.4 Å². The molecule has 0 atom stereocenters. The molecule has 1 aromatic heterocycles. The Bertz CT molecular complexity index is 1030. The molecule has 2 amide bonds. The number of fused-ring (bicyclic) bond motifs is 1. The summed E-state index contributed by atoms with van der Waals surface area (Å²) in [7, 11) is 0. The molecule has 4 rings (SSSR count). The van der Waals surface area contributed by atoms with Crippen LogP contribution in [0.2, 0.25) is 5.02 Å². The summed E-state index contributed by atoms with van der Waals surface area (Å²) in [5.41, 5.74) is 3.08. The number of carbonyl (C=O) groups is 2. The van der Waals surface area contributed by atoms with E-state index >= 15 is 0 Å². The van der Waals surface area contributed by atoms with Crippen molar-refractivity contribution in [3.63, 3.8) is 0 Å². The van der Waals surface area contributed by atoms with Crippen molar-refractivity contribution in [3.8, 4) is 0 Å². The third-order valence-corrected chi connectivity index (χ3v) is 5.38. The van der Waals surface area contributed by atoms with E-state index in [2.05, 4.69) is 19.4 Å². The van der Waals surface area contributed by atoms with Gasteiger partial charge >= 0.3 is 0 Å². The van der Waals surface area contributed by atoms with Crippen LogP contribution in [-0.2, 0) is 4.79 Å². The Hall–Kier alpha value is -2.71. The van der Waals surface area contributed by atoms with Crippen LogP contribution in [0.4, 0.5) is 11.4 Å². The fourth-order valence-corrected chi connectivity index (χ4v) is 3.94. The Morgan fingerprint density at radius 1 is 1.11 bits per heavy atom. The lowest BCUT2D eigenvalue weighted by molar-refractivity contribution is -0.114. The van der Waals surface area contributed by atoms with E-state index < -0.39 is 0 Å². The normalized spacial score (nSPS) is 13.7. The van der Waals surface area contributed by atoms with E-state index in [0.717, 1.165) is 43.2 Å². The van der Waals surface area contributed by atoms with Gasteiger partial charge in [0.1, 0.15) is 11.0 Å². The largest absolute Gasteiger partial charge is 0.375 e. The number of amides is 2. The first kappa shape index (κ1) is 18.6. The van der Waals surface area contributed by atoms with Gasteiger partial charge in [0.15, 0.2) is 0 Å². The summed E-state index contributed by atoms with van der Waals surface area (Å²) in [4.78, 5) is 27.0. The molecular formula is C19H18ClN5O2S. The fraction of sp³-hybridized carbons (Fsp3) is 0.263. The van der Waals surface area contributed by atoms with Crippen LogP contribution in [0.25, 0.3) is 11.0 Å². The van der Waals surface area contributed by atoms with Crippen LogP contribution in [0.5, 0.6) is 0 Å². The minimum Gasteiger partial charge on any atom is -0.375 e. The minimum atomic E-state index is -0.250. The maximum absolute atomic E-state index is 12.8. The zero-order valence-corrected chi connectivity index (χ0v) is 16.5. The Kier molecular flexibility index (Phi) is 5.40. The summed E-state index contributed by atoms with van der Waals surface area (Å²) in [5, 5.41) is 6.38. The molecule has 2 aromatic carbocycles. The van der Waals surface area contributed by atoms with E-state index in [1.807, 2.05) is 17.0 Å². The predicted molar refractivity (Wildman–Crippen MR) is 111 cm³/mol. The van der Waals surface area contributed by atoms with Crippen LogP contribution in [0, 0.1) is 0 Å². The highest BCUT2D eigenvalue weighted by Crippen LogP contribution is 2.25. The fourth-order valence-electron chi connectivity index (χ4n) is 3.22. The average Bonchev–Trinajstić information content (AvgIpc) is 3.38. The van der Waals surface area contributed by atoms with Crippen molar-refractivity contribution < 1.29 is 9.59 Å². The predicted octanol–water partition coefficient (Wildman–Crippen LogP) is 3.63. The molecule has 9 heteroatoms. The van der Waals surface area contributed by atoms with E-state index in [4.69, 9.17) is 11.6 Å². The molecular weight excluding hydrogens is 398 g/mol. The average molecular weight is 416 g/mol. The van der Waals surface area contributed by atoms with Crippen molar-refractivity contribution in [1.82, 2.24) is 13.6 Å². The lowest BCUT2D eigenvalue weighted by Crippen LogP contribution is -2.29. The molecule has 1 aliphatic heterocycles. The Morgan fingerprint density at radius 3 is 2.75 bits per heavy atom. The maximum Gasteiger partial charge on any atom is 0.255 e. The number of carbonyl (C=O) groups excluding carboxylic acids is 2. The van der Waals surface area contributed by atoms with Crippen LogP contribution in [0.3, 0.4) is 0 Å². The summed E-state index contributed by atoms with van der Waals surface area (Å²) >= 11 is 7.20. The van der Waals surface area contributed by atoms with Gasteiger partial charge in [-0.05, 0) is 43.2 Å². The molecule has 0 saturated carbocycles. The quantitative estimate of drug-likeness (QED) is 0.664. The molecule has 1 aliphatic rings. The molecule has 0 bridgehead atoms. The lowest BCUT2D eigenvalue weighted by Gasteiger charge is -2.18. The maximum atomic E-state index is 12.8. The summed E-state index contributed by atoms with van der Waals surface area (Å²) in [6.07, 6.45) is 2.03. The Balaban J connectivity index is 1.46. The van der Waals surface area contributed by atoms with Crippen molar-refractivity contribution >= 4 is 57.6 Å². The molecule has 0 aliphatic carbocycles. The van der Waals surface area contributed by atoms with Gasteiger partial charge in [-0.15, -0.1) is 0 Å². The van der Waals surface area contributed by atoms with Gasteiger partial charge in [0.25, 0.3) is 5.91 Å². The molecule has 0 unspecified atom stereocenters. The van der Waals surface area contributed by atoms with E-state index in [1.165, 1.54) is 0 Å². The smallest absolute Gasteiger partial charge is 0.255 e. The van der Waals surface area contributed by atoms with E-state index in [0.29, 0.717) is 27.5 Å². The van der Waals surface area contributed by atoms with Crippen LogP contribution in [0.1, 0.15) is 23.2 Å². The van der Waals surface area contributed by atoms with Crippen molar-refractivity contribution in [2.45, 2.75) is 12.8 Å². The second kappa shape index (κ2) is 8.12. The molecule has 0 radical (unpaired) electrons. The Labute approximate surface area is 171 Å². The van der Waals surface area contributed by atoms with Crippen LogP contribution in [0.15, 0.2) is 36.4 Å². The van der Waals surface area contributed by atoms with Gasteiger partial charge < -0.3 is 15.5 Å². The molecule has 2 heterocycles. The van der Waals surface area contributed by atoms with Gasteiger partial charge in [-0.25, -0.2) is 0 Å². The number of anilines is 2. The molecule has 1 fully saturated rings. The number of nitrogens with one attached hydrogen (secondary N) is 2. The summed E-state index contributed by atoms with van der Waals surface area (Å²) in [6.45, 7) is 1.51. The number of likely N-dealkylation sites (tertiary alicyclic amines) is 1. The summed E-state index contributed by atoms with van der Waals surface area (Å²) in [6, 6.07) is 10.5. The number of benzene rings is 2. The molecule has 28 heavy (non-hydrogen) atoms. The Morgan fingerprint density at radius 2 is 1.93 bits per heavy atom. The second-order valence-electron chi connectivity index (χ2n) is 6.53. The highest BCUT2D eigenvalue weighted by molar-refractivity contribution is 7.00. The number of nitrogens with zero attached hydrogens (tertiary/aromatic N) is 3. The first-order valence-electron chi connectivity index (χ1n) is 8.95.